The highest BCUT2D eigenvalue weighted by atomic mass is 16.2. The van der Waals surface area contributed by atoms with Crippen LogP contribution in [0.25, 0.3) is 0 Å². The van der Waals surface area contributed by atoms with Crippen molar-refractivity contribution in [3.05, 3.63) is 41.7 Å². The highest BCUT2D eigenvalue weighted by molar-refractivity contribution is 5.90. The monoisotopic (exact) mass is 327 g/mol. The van der Waals surface area contributed by atoms with E-state index >= 15 is 0 Å². The predicted octanol–water partition coefficient (Wildman–Crippen LogP) is 1.64. The van der Waals surface area contributed by atoms with Crippen LogP contribution >= 0.6 is 0 Å². The van der Waals surface area contributed by atoms with E-state index in [4.69, 9.17) is 0 Å². The van der Waals surface area contributed by atoms with Gasteiger partial charge in [-0.3, -0.25) is 14.9 Å². The van der Waals surface area contributed by atoms with Crippen LogP contribution in [0.2, 0.25) is 0 Å². The van der Waals surface area contributed by atoms with Crippen molar-refractivity contribution in [3.63, 3.8) is 0 Å². The SMILES string of the molecule is Cc1ccccc1CN1C(=O)CCC1CC(=O)Nc1ncnn1C. The third kappa shape index (κ3) is 3.45. The van der Waals surface area contributed by atoms with Crippen molar-refractivity contribution in [2.45, 2.75) is 38.8 Å². The van der Waals surface area contributed by atoms with Crippen LogP contribution < -0.4 is 5.32 Å². The molecule has 1 fully saturated rings. The molecule has 2 heterocycles. The van der Waals surface area contributed by atoms with Gasteiger partial charge in [-0.1, -0.05) is 24.3 Å². The van der Waals surface area contributed by atoms with E-state index in [1.54, 1.807) is 7.05 Å². The van der Waals surface area contributed by atoms with Crippen LogP contribution in [0.3, 0.4) is 0 Å². The van der Waals surface area contributed by atoms with Crippen molar-refractivity contribution in [2.75, 3.05) is 5.32 Å². The van der Waals surface area contributed by atoms with Gasteiger partial charge >= 0.3 is 0 Å². The summed E-state index contributed by atoms with van der Waals surface area (Å²) in [6, 6.07) is 7.93. The van der Waals surface area contributed by atoms with E-state index in [0.29, 0.717) is 25.3 Å². The van der Waals surface area contributed by atoms with Gasteiger partial charge < -0.3 is 4.90 Å². The van der Waals surface area contributed by atoms with Gasteiger partial charge in [-0.15, -0.1) is 0 Å². The minimum atomic E-state index is -0.152. The summed E-state index contributed by atoms with van der Waals surface area (Å²) in [6.45, 7) is 2.58. The number of hydrogen-bond donors (Lipinski definition) is 1. The van der Waals surface area contributed by atoms with Crippen molar-refractivity contribution in [1.82, 2.24) is 19.7 Å². The normalized spacial score (nSPS) is 17.3. The lowest BCUT2D eigenvalue weighted by Crippen LogP contribution is -2.35. The first kappa shape index (κ1) is 16.2. The average molecular weight is 327 g/mol. The fourth-order valence-corrected chi connectivity index (χ4v) is 2.99. The number of aryl methyl sites for hydroxylation is 2. The number of amides is 2. The molecule has 1 aliphatic heterocycles. The minimum absolute atomic E-state index is 0.0784. The van der Waals surface area contributed by atoms with E-state index in [-0.39, 0.29) is 24.3 Å². The molecule has 0 saturated carbocycles. The highest BCUT2D eigenvalue weighted by Crippen LogP contribution is 2.25. The Morgan fingerprint density at radius 3 is 2.88 bits per heavy atom. The molecule has 1 aliphatic rings. The molecular formula is C17H21N5O2. The molecule has 1 aromatic carbocycles. The Morgan fingerprint density at radius 2 is 2.17 bits per heavy atom. The number of nitrogens with zero attached hydrogens (tertiary/aromatic N) is 4. The number of benzene rings is 1. The van der Waals surface area contributed by atoms with E-state index in [0.717, 1.165) is 11.1 Å². The first-order valence-electron chi connectivity index (χ1n) is 8.02. The van der Waals surface area contributed by atoms with Crippen LogP contribution in [0.15, 0.2) is 30.6 Å². The lowest BCUT2D eigenvalue weighted by atomic mass is 10.1. The molecule has 7 nitrogen and oxygen atoms in total. The zero-order valence-corrected chi connectivity index (χ0v) is 13.9. The van der Waals surface area contributed by atoms with Crippen LogP contribution in [0.1, 0.15) is 30.4 Å². The predicted molar refractivity (Wildman–Crippen MR) is 89.0 cm³/mol. The summed E-state index contributed by atoms with van der Waals surface area (Å²) in [5.41, 5.74) is 2.27. The van der Waals surface area contributed by atoms with E-state index in [1.165, 1.54) is 11.0 Å². The average Bonchev–Trinajstić information content (AvgIpc) is 3.10. The summed E-state index contributed by atoms with van der Waals surface area (Å²) in [7, 11) is 1.71. The maximum Gasteiger partial charge on any atom is 0.228 e. The maximum atomic E-state index is 12.3. The summed E-state index contributed by atoms with van der Waals surface area (Å²) < 4.78 is 1.50. The summed E-state index contributed by atoms with van der Waals surface area (Å²) in [5, 5.41) is 6.66. The third-order valence-corrected chi connectivity index (χ3v) is 4.44. The molecule has 0 bridgehead atoms. The van der Waals surface area contributed by atoms with Gasteiger partial charge in [-0.2, -0.15) is 10.1 Å². The molecule has 1 N–H and O–H groups in total. The smallest absolute Gasteiger partial charge is 0.228 e. The Bertz CT molecular complexity index is 755. The fourth-order valence-electron chi connectivity index (χ4n) is 2.99. The van der Waals surface area contributed by atoms with Crippen molar-refractivity contribution in [2.24, 2.45) is 7.05 Å². The molecule has 1 unspecified atom stereocenters. The number of carbonyl (C=O) groups excluding carboxylic acids is 2. The lowest BCUT2D eigenvalue weighted by Gasteiger charge is -2.25. The number of rotatable bonds is 5. The first-order chi connectivity index (χ1) is 11.5. The van der Waals surface area contributed by atoms with Gasteiger partial charge in [0.1, 0.15) is 6.33 Å². The Balaban J connectivity index is 1.66. The van der Waals surface area contributed by atoms with Crippen molar-refractivity contribution >= 4 is 17.8 Å². The summed E-state index contributed by atoms with van der Waals surface area (Å²) in [4.78, 5) is 30.3. The Hall–Kier alpha value is -2.70. The second-order valence-electron chi connectivity index (χ2n) is 6.10. The van der Waals surface area contributed by atoms with E-state index in [9.17, 15) is 9.59 Å². The number of anilines is 1. The topological polar surface area (TPSA) is 80.1 Å². The molecule has 2 amide bonds. The van der Waals surface area contributed by atoms with Crippen LogP contribution in [0, 0.1) is 6.92 Å². The van der Waals surface area contributed by atoms with Crippen LogP contribution in [0.4, 0.5) is 5.95 Å². The fraction of sp³-hybridized carbons (Fsp3) is 0.412. The molecule has 24 heavy (non-hydrogen) atoms. The quantitative estimate of drug-likeness (QED) is 0.905. The first-order valence-corrected chi connectivity index (χ1v) is 8.02. The highest BCUT2D eigenvalue weighted by Gasteiger charge is 2.32. The molecule has 0 aliphatic carbocycles. The standard InChI is InChI=1S/C17H21N5O2/c1-12-5-3-4-6-13(12)10-22-14(7-8-16(22)24)9-15(23)20-17-18-11-19-21(17)2/h3-6,11,14H,7-10H2,1-2H3,(H,18,19,20,23). The number of hydrogen-bond acceptors (Lipinski definition) is 4. The van der Waals surface area contributed by atoms with Gasteiger partial charge in [0.05, 0.1) is 0 Å². The number of aromatic nitrogens is 3. The lowest BCUT2D eigenvalue weighted by molar-refractivity contribution is -0.130. The van der Waals surface area contributed by atoms with Crippen LogP contribution in [-0.2, 0) is 23.2 Å². The Kier molecular flexibility index (Phi) is 4.59. The van der Waals surface area contributed by atoms with Gasteiger partial charge in [-0.25, -0.2) is 4.68 Å². The zero-order chi connectivity index (χ0) is 17.1. The van der Waals surface area contributed by atoms with Crippen molar-refractivity contribution in [1.29, 1.82) is 0 Å². The van der Waals surface area contributed by atoms with Gasteiger partial charge in [0.2, 0.25) is 17.8 Å². The van der Waals surface area contributed by atoms with Crippen LogP contribution in [0.5, 0.6) is 0 Å². The van der Waals surface area contributed by atoms with Crippen molar-refractivity contribution in [3.8, 4) is 0 Å². The summed E-state index contributed by atoms with van der Waals surface area (Å²) in [6.07, 6.45) is 2.86. The van der Waals surface area contributed by atoms with Crippen molar-refractivity contribution < 1.29 is 9.59 Å². The van der Waals surface area contributed by atoms with Gasteiger partial charge in [0, 0.05) is 32.5 Å². The molecule has 2 aromatic rings. The zero-order valence-electron chi connectivity index (χ0n) is 13.9. The molecule has 3 rings (SSSR count). The van der Waals surface area contributed by atoms with Gasteiger partial charge in [0.25, 0.3) is 0 Å². The van der Waals surface area contributed by atoms with Crippen LogP contribution in [-0.4, -0.2) is 37.5 Å². The second kappa shape index (κ2) is 6.82. The van der Waals surface area contributed by atoms with E-state index in [2.05, 4.69) is 15.4 Å². The maximum absolute atomic E-state index is 12.3. The third-order valence-electron chi connectivity index (χ3n) is 4.44. The minimum Gasteiger partial charge on any atom is -0.335 e. The second-order valence-corrected chi connectivity index (χ2v) is 6.10. The van der Waals surface area contributed by atoms with Gasteiger partial charge in [-0.05, 0) is 24.5 Å². The molecule has 0 radical (unpaired) electrons. The van der Waals surface area contributed by atoms with E-state index in [1.807, 2.05) is 36.1 Å². The largest absolute Gasteiger partial charge is 0.335 e. The summed E-state index contributed by atoms with van der Waals surface area (Å²) >= 11 is 0. The molecule has 1 saturated heterocycles. The number of likely N-dealkylation sites (tertiary alicyclic amines) is 1. The molecule has 7 heteroatoms. The number of carbonyl (C=O) groups is 2. The summed E-state index contributed by atoms with van der Waals surface area (Å²) in [5.74, 6) is 0.366. The number of nitrogens with one attached hydrogen (secondary N) is 1. The Labute approximate surface area is 140 Å². The molecule has 0 spiro atoms. The van der Waals surface area contributed by atoms with Gasteiger partial charge in [0.15, 0.2) is 0 Å². The molecular weight excluding hydrogens is 306 g/mol. The molecule has 126 valence electrons. The van der Waals surface area contributed by atoms with E-state index < -0.39 is 0 Å². The molecule has 1 atom stereocenters. The molecule has 1 aromatic heterocycles. The Morgan fingerprint density at radius 1 is 1.38 bits per heavy atom.